The Hall–Kier alpha value is -5.52. The fourth-order valence-corrected chi connectivity index (χ4v) is 6.61. The lowest BCUT2D eigenvalue weighted by Crippen LogP contribution is -2.54. The lowest BCUT2D eigenvalue weighted by atomic mass is 10.0. The molecular formula is C40H47N5O8S. The van der Waals surface area contributed by atoms with Crippen molar-refractivity contribution in [3.63, 3.8) is 0 Å². The molecule has 2 amide bonds. The molecule has 0 spiro atoms. The van der Waals surface area contributed by atoms with Crippen LogP contribution in [-0.4, -0.2) is 58.1 Å². The molecule has 0 bridgehead atoms. The van der Waals surface area contributed by atoms with E-state index in [-0.39, 0.29) is 22.8 Å². The quantitative estimate of drug-likeness (QED) is 0.127. The van der Waals surface area contributed by atoms with Crippen molar-refractivity contribution in [1.29, 1.82) is 5.26 Å². The molecule has 0 radical (unpaired) electrons. The molecule has 1 unspecified atom stereocenters. The molecule has 54 heavy (non-hydrogen) atoms. The molecule has 1 aromatic heterocycles. The first-order chi connectivity index (χ1) is 25.2. The molecule has 4 aromatic rings. The van der Waals surface area contributed by atoms with E-state index in [4.69, 9.17) is 9.57 Å². The number of sulfone groups is 1. The van der Waals surface area contributed by atoms with Gasteiger partial charge >= 0.3 is 12.1 Å². The number of aliphatic carboxylic acids is 1. The number of carboxylic acid groups (broad SMARTS) is 1. The molecular weight excluding hydrogens is 711 g/mol. The van der Waals surface area contributed by atoms with Gasteiger partial charge in [-0.05, 0) is 121 Å². The molecule has 1 heterocycles. The van der Waals surface area contributed by atoms with Gasteiger partial charge in [0.05, 0.1) is 27.0 Å². The average molecular weight is 758 g/mol. The second-order valence-corrected chi connectivity index (χ2v) is 17.5. The van der Waals surface area contributed by atoms with Crippen LogP contribution in [0.2, 0.25) is 0 Å². The van der Waals surface area contributed by atoms with Crippen LogP contribution in [0.5, 0.6) is 0 Å². The van der Waals surface area contributed by atoms with Crippen molar-refractivity contribution in [1.82, 2.24) is 10.2 Å². The van der Waals surface area contributed by atoms with Gasteiger partial charge in [0.25, 0.3) is 0 Å². The van der Waals surface area contributed by atoms with Gasteiger partial charge in [-0.3, -0.25) is 9.78 Å². The highest BCUT2D eigenvalue weighted by Crippen LogP contribution is 2.34. The average Bonchev–Trinajstić information content (AvgIpc) is 3.08. The van der Waals surface area contributed by atoms with Gasteiger partial charge in [-0.15, -0.1) is 0 Å². The molecule has 0 saturated carbocycles. The van der Waals surface area contributed by atoms with Crippen molar-refractivity contribution < 1.29 is 37.5 Å². The first-order valence-corrected chi connectivity index (χ1v) is 19.0. The number of amides is 2. The summed E-state index contributed by atoms with van der Waals surface area (Å²) in [4.78, 5) is 50.0. The van der Waals surface area contributed by atoms with Gasteiger partial charge in [-0.2, -0.15) is 5.26 Å². The van der Waals surface area contributed by atoms with Crippen LogP contribution in [0.25, 0.3) is 10.8 Å². The van der Waals surface area contributed by atoms with Gasteiger partial charge < -0.3 is 15.2 Å². The number of nitrogens with zero attached hydrogens (tertiary/aromatic N) is 4. The SMILES string of the molecule is CC(C)S(=O)(=O)c1ccc(NC(=O)CCCc2ccc(C(C(=O)O)N(c3ccc4cnccc4c3)N(OC(C)(C)C)C(=O)OC(C)(C)C)cc2)cc1C#N. The normalized spacial score (nSPS) is 12.5. The number of hydrazine groups is 1. The Kier molecular flexibility index (Phi) is 12.7. The van der Waals surface area contributed by atoms with Crippen molar-refractivity contribution in [3.05, 3.63) is 95.8 Å². The van der Waals surface area contributed by atoms with E-state index >= 15 is 0 Å². The Balaban J connectivity index is 1.58. The number of carbonyl (C=O) groups excluding carboxylic acids is 2. The van der Waals surface area contributed by atoms with E-state index in [9.17, 15) is 33.2 Å². The van der Waals surface area contributed by atoms with Crippen LogP contribution in [0.15, 0.2) is 84.0 Å². The van der Waals surface area contributed by atoms with Crippen molar-refractivity contribution in [3.8, 4) is 6.07 Å². The van der Waals surface area contributed by atoms with Crippen molar-refractivity contribution >= 4 is 50.0 Å². The molecule has 2 N–H and O–H groups in total. The standard InChI is InChI=1S/C40H47N5O8S/c1-26(2)54(50,51)34-19-17-32(22-31(34)24-41)43-35(46)11-9-10-27-12-14-28(15-13-27)36(37(47)48)44(33-18-16-30-25-42-21-20-29(30)23-33)45(53-40(6,7)8)38(49)52-39(3,4)5/h12-23,25-26,36H,9-11H2,1-8H3,(H,43,46)(H,47,48). The summed E-state index contributed by atoms with van der Waals surface area (Å²) in [6.45, 7) is 13.4. The van der Waals surface area contributed by atoms with E-state index in [0.717, 1.165) is 21.5 Å². The third-order valence-corrected chi connectivity index (χ3v) is 10.2. The van der Waals surface area contributed by atoms with Crippen molar-refractivity contribution in [2.75, 3.05) is 10.3 Å². The van der Waals surface area contributed by atoms with E-state index in [0.29, 0.717) is 29.8 Å². The molecule has 1 atom stereocenters. The molecule has 0 aliphatic heterocycles. The molecule has 0 aliphatic carbocycles. The Bertz CT molecular complexity index is 2150. The maximum Gasteiger partial charge on any atom is 0.454 e. The summed E-state index contributed by atoms with van der Waals surface area (Å²) in [5, 5.41) is 26.0. The van der Waals surface area contributed by atoms with E-state index in [2.05, 4.69) is 10.3 Å². The smallest absolute Gasteiger partial charge is 0.454 e. The van der Waals surface area contributed by atoms with Gasteiger partial charge in [0.2, 0.25) is 5.91 Å². The molecule has 286 valence electrons. The number of ether oxygens (including phenoxy) is 1. The number of nitriles is 1. The van der Waals surface area contributed by atoms with Gasteiger partial charge in [-0.25, -0.2) is 27.9 Å². The number of aryl methyl sites for hydroxylation is 1. The third-order valence-electron chi connectivity index (χ3n) is 7.95. The van der Waals surface area contributed by atoms with E-state index < -0.39 is 44.4 Å². The molecule has 0 fully saturated rings. The predicted molar refractivity (Wildman–Crippen MR) is 205 cm³/mol. The van der Waals surface area contributed by atoms with Crippen LogP contribution in [0.4, 0.5) is 16.2 Å². The topological polar surface area (TPSA) is 179 Å². The van der Waals surface area contributed by atoms with Gasteiger partial charge in [0.15, 0.2) is 15.9 Å². The van der Waals surface area contributed by atoms with E-state index in [1.807, 2.05) is 6.07 Å². The number of hydrogen-bond acceptors (Lipinski definition) is 10. The van der Waals surface area contributed by atoms with E-state index in [1.165, 1.54) is 37.1 Å². The molecule has 3 aromatic carbocycles. The van der Waals surface area contributed by atoms with Crippen LogP contribution in [0.1, 0.15) is 91.0 Å². The first kappa shape index (κ1) is 41.2. The fraction of sp³-hybridized carbons (Fsp3) is 0.375. The largest absolute Gasteiger partial charge is 0.479 e. The second kappa shape index (κ2) is 16.7. The van der Waals surface area contributed by atoms with Crippen LogP contribution in [-0.2, 0) is 35.4 Å². The van der Waals surface area contributed by atoms with Crippen molar-refractivity contribution in [2.24, 2.45) is 0 Å². The minimum atomic E-state index is -3.67. The summed E-state index contributed by atoms with van der Waals surface area (Å²) in [5.74, 6) is -1.57. The molecule has 4 rings (SSSR count). The summed E-state index contributed by atoms with van der Waals surface area (Å²) in [5.41, 5.74) is -0.0555. The number of pyridine rings is 1. The zero-order chi connectivity index (χ0) is 40.0. The summed E-state index contributed by atoms with van der Waals surface area (Å²) >= 11 is 0. The minimum absolute atomic E-state index is 0.0445. The van der Waals surface area contributed by atoms with Crippen LogP contribution in [0.3, 0.4) is 0 Å². The Morgan fingerprint density at radius 3 is 2.20 bits per heavy atom. The number of aromatic nitrogens is 1. The van der Waals surface area contributed by atoms with Gasteiger partial charge in [0.1, 0.15) is 11.7 Å². The minimum Gasteiger partial charge on any atom is -0.479 e. The third kappa shape index (κ3) is 10.5. The maximum absolute atomic E-state index is 13.8. The molecule has 14 heteroatoms. The Morgan fingerprint density at radius 1 is 0.926 bits per heavy atom. The van der Waals surface area contributed by atoms with Gasteiger partial charge in [0, 0.05) is 29.9 Å². The molecule has 0 saturated heterocycles. The predicted octanol–water partition coefficient (Wildman–Crippen LogP) is 7.76. The summed E-state index contributed by atoms with van der Waals surface area (Å²) in [6, 6.07) is 18.4. The highest BCUT2D eigenvalue weighted by atomic mass is 32.2. The highest BCUT2D eigenvalue weighted by Gasteiger charge is 2.40. The summed E-state index contributed by atoms with van der Waals surface area (Å²) in [6.07, 6.45) is 3.46. The van der Waals surface area contributed by atoms with Crippen LogP contribution < -0.4 is 10.3 Å². The number of benzene rings is 3. The lowest BCUT2D eigenvalue weighted by Gasteiger charge is -2.41. The number of fused-ring (bicyclic) bond motifs is 1. The highest BCUT2D eigenvalue weighted by molar-refractivity contribution is 7.92. The van der Waals surface area contributed by atoms with Crippen LogP contribution >= 0.6 is 0 Å². The first-order valence-electron chi connectivity index (χ1n) is 17.4. The van der Waals surface area contributed by atoms with Crippen molar-refractivity contribution in [2.45, 2.75) is 102 Å². The number of carboxylic acids is 1. The Morgan fingerprint density at radius 2 is 1.61 bits per heavy atom. The number of nitrogens with one attached hydrogen (secondary N) is 1. The number of carbonyl (C=O) groups is 3. The van der Waals surface area contributed by atoms with E-state index in [1.54, 1.807) is 102 Å². The van der Waals surface area contributed by atoms with Gasteiger partial charge in [-0.1, -0.05) is 35.5 Å². The number of anilines is 2. The molecule has 0 aliphatic rings. The molecule has 13 nitrogen and oxygen atoms in total. The monoisotopic (exact) mass is 757 g/mol. The number of rotatable bonds is 13. The summed E-state index contributed by atoms with van der Waals surface area (Å²) in [7, 11) is -3.67. The summed E-state index contributed by atoms with van der Waals surface area (Å²) < 4.78 is 30.9. The zero-order valence-corrected chi connectivity index (χ0v) is 32.6. The maximum atomic E-state index is 13.8. The lowest BCUT2D eigenvalue weighted by molar-refractivity contribution is -0.221. The zero-order valence-electron chi connectivity index (χ0n) is 31.8. The fourth-order valence-electron chi connectivity index (χ4n) is 5.43. The van der Waals surface area contributed by atoms with Crippen LogP contribution in [0, 0.1) is 11.3 Å². The number of hydrogen-bond donors (Lipinski definition) is 2. The second-order valence-electron chi connectivity index (χ2n) is 15.0. The Labute approximate surface area is 316 Å². The number of hydroxylamine groups is 1.